The summed E-state index contributed by atoms with van der Waals surface area (Å²) in [6, 6.07) is 0. The standard InChI is InChI=1S/C8H14N2O2/c1-5-6(7(11)9-4)8(2,3)10-12-5/h10H,1-4H3,(H,9,11). The quantitative estimate of drug-likeness (QED) is 0.596. The van der Waals surface area contributed by atoms with Crippen LogP contribution in [-0.2, 0) is 9.63 Å². The molecule has 0 saturated heterocycles. The van der Waals surface area contributed by atoms with E-state index in [1.54, 1.807) is 14.0 Å². The fourth-order valence-electron chi connectivity index (χ4n) is 1.31. The number of hydrogen-bond donors (Lipinski definition) is 2. The van der Waals surface area contributed by atoms with E-state index in [-0.39, 0.29) is 5.91 Å². The topological polar surface area (TPSA) is 50.4 Å². The van der Waals surface area contributed by atoms with Gasteiger partial charge in [-0.1, -0.05) is 0 Å². The van der Waals surface area contributed by atoms with E-state index < -0.39 is 5.54 Å². The van der Waals surface area contributed by atoms with Crippen molar-refractivity contribution in [2.45, 2.75) is 26.3 Å². The highest BCUT2D eigenvalue weighted by atomic mass is 16.7. The van der Waals surface area contributed by atoms with Gasteiger partial charge < -0.3 is 10.2 Å². The first-order valence-corrected chi connectivity index (χ1v) is 3.86. The van der Waals surface area contributed by atoms with E-state index in [1.165, 1.54) is 0 Å². The first-order valence-electron chi connectivity index (χ1n) is 3.86. The molecule has 0 aromatic carbocycles. The Morgan fingerprint density at radius 1 is 1.58 bits per heavy atom. The second-order valence-corrected chi connectivity index (χ2v) is 3.34. The van der Waals surface area contributed by atoms with Crippen molar-refractivity contribution in [1.29, 1.82) is 0 Å². The summed E-state index contributed by atoms with van der Waals surface area (Å²) in [5.41, 5.74) is 3.03. The second-order valence-electron chi connectivity index (χ2n) is 3.34. The molecule has 0 unspecified atom stereocenters. The molecule has 0 aliphatic carbocycles. The predicted molar refractivity (Wildman–Crippen MR) is 45.1 cm³/mol. The predicted octanol–water partition coefficient (Wildman–Crippen LogP) is 0.320. The van der Waals surface area contributed by atoms with Gasteiger partial charge in [0.1, 0.15) is 5.76 Å². The number of nitrogens with one attached hydrogen (secondary N) is 2. The van der Waals surface area contributed by atoms with Crippen LogP contribution in [0.4, 0.5) is 0 Å². The van der Waals surface area contributed by atoms with Crippen LogP contribution in [0.1, 0.15) is 20.8 Å². The zero-order valence-electron chi connectivity index (χ0n) is 7.82. The minimum absolute atomic E-state index is 0.0949. The maximum Gasteiger partial charge on any atom is 0.252 e. The summed E-state index contributed by atoms with van der Waals surface area (Å²) in [5, 5.41) is 2.58. The number of carbonyl (C=O) groups excluding carboxylic acids is 1. The summed E-state index contributed by atoms with van der Waals surface area (Å²) in [4.78, 5) is 16.4. The highest BCUT2D eigenvalue weighted by molar-refractivity contribution is 5.96. The van der Waals surface area contributed by atoms with E-state index >= 15 is 0 Å². The third-order valence-corrected chi connectivity index (χ3v) is 1.89. The van der Waals surface area contributed by atoms with E-state index in [9.17, 15) is 4.79 Å². The van der Waals surface area contributed by atoms with Gasteiger partial charge in [0.15, 0.2) is 0 Å². The number of rotatable bonds is 1. The molecule has 68 valence electrons. The lowest BCUT2D eigenvalue weighted by molar-refractivity contribution is -0.117. The molecule has 12 heavy (non-hydrogen) atoms. The fraction of sp³-hybridized carbons (Fsp3) is 0.625. The van der Waals surface area contributed by atoms with Crippen molar-refractivity contribution in [3.05, 3.63) is 11.3 Å². The third kappa shape index (κ3) is 1.30. The van der Waals surface area contributed by atoms with Gasteiger partial charge in [-0.05, 0) is 20.8 Å². The molecule has 0 fully saturated rings. The molecule has 0 bridgehead atoms. The van der Waals surface area contributed by atoms with Gasteiger partial charge >= 0.3 is 0 Å². The first kappa shape index (κ1) is 9.06. The van der Waals surface area contributed by atoms with Crippen molar-refractivity contribution in [3.63, 3.8) is 0 Å². The van der Waals surface area contributed by atoms with Crippen LogP contribution in [0, 0.1) is 0 Å². The maximum atomic E-state index is 11.4. The zero-order chi connectivity index (χ0) is 9.35. The van der Waals surface area contributed by atoms with Gasteiger partial charge in [-0.15, -0.1) is 5.48 Å². The van der Waals surface area contributed by atoms with Crippen LogP contribution in [0.5, 0.6) is 0 Å². The van der Waals surface area contributed by atoms with Gasteiger partial charge in [-0.3, -0.25) is 4.79 Å². The Hall–Kier alpha value is -1.03. The highest BCUT2D eigenvalue weighted by Crippen LogP contribution is 2.26. The molecule has 0 radical (unpaired) electrons. The Balaban J connectivity index is 2.99. The fourth-order valence-corrected chi connectivity index (χ4v) is 1.31. The van der Waals surface area contributed by atoms with Crippen LogP contribution in [-0.4, -0.2) is 18.5 Å². The average molecular weight is 170 g/mol. The molecule has 4 heteroatoms. The van der Waals surface area contributed by atoms with Crippen molar-refractivity contribution >= 4 is 5.91 Å². The summed E-state index contributed by atoms with van der Waals surface area (Å²) in [6.45, 7) is 5.56. The average Bonchev–Trinajstić information content (AvgIpc) is 2.25. The molecule has 0 saturated carbocycles. The van der Waals surface area contributed by atoms with Crippen LogP contribution in [0.25, 0.3) is 0 Å². The molecule has 1 heterocycles. The zero-order valence-corrected chi connectivity index (χ0v) is 7.82. The Morgan fingerprint density at radius 2 is 2.17 bits per heavy atom. The molecule has 2 N–H and O–H groups in total. The van der Waals surface area contributed by atoms with Gasteiger partial charge in [0.25, 0.3) is 5.91 Å². The minimum atomic E-state index is -0.399. The Bertz CT molecular complexity index is 243. The van der Waals surface area contributed by atoms with E-state index in [1.807, 2.05) is 13.8 Å². The normalized spacial score (nSPS) is 20.7. The van der Waals surface area contributed by atoms with E-state index in [0.717, 1.165) is 0 Å². The molecule has 0 spiro atoms. The minimum Gasteiger partial charge on any atom is -0.412 e. The van der Waals surface area contributed by atoms with Gasteiger partial charge in [-0.2, -0.15) is 0 Å². The number of amides is 1. The van der Waals surface area contributed by atoms with Crippen molar-refractivity contribution < 1.29 is 9.63 Å². The second kappa shape index (κ2) is 2.79. The SMILES string of the molecule is CNC(=O)C1=C(C)ONC1(C)C. The number of hydroxylamine groups is 1. The molecular weight excluding hydrogens is 156 g/mol. The van der Waals surface area contributed by atoms with Crippen molar-refractivity contribution in [1.82, 2.24) is 10.8 Å². The summed E-state index contributed by atoms with van der Waals surface area (Å²) in [5.74, 6) is 0.543. The van der Waals surface area contributed by atoms with Gasteiger partial charge in [0.2, 0.25) is 0 Å². The Kier molecular flexibility index (Phi) is 2.10. The molecule has 0 aromatic heterocycles. The summed E-state index contributed by atoms with van der Waals surface area (Å²) < 4.78 is 0. The van der Waals surface area contributed by atoms with Crippen LogP contribution in [0.2, 0.25) is 0 Å². The monoisotopic (exact) mass is 170 g/mol. The molecule has 1 rings (SSSR count). The van der Waals surface area contributed by atoms with Crippen molar-refractivity contribution in [2.75, 3.05) is 7.05 Å². The lowest BCUT2D eigenvalue weighted by Gasteiger charge is -2.18. The molecule has 0 aromatic rings. The molecule has 1 aliphatic rings. The summed E-state index contributed by atoms with van der Waals surface area (Å²) in [7, 11) is 1.61. The van der Waals surface area contributed by atoms with Crippen molar-refractivity contribution in [3.8, 4) is 0 Å². The van der Waals surface area contributed by atoms with Gasteiger partial charge in [0.05, 0.1) is 11.1 Å². The number of carbonyl (C=O) groups is 1. The van der Waals surface area contributed by atoms with Gasteiger partial charge in [-0.25, -0.2) is 0 Å². The number of allylic oxidation sites excluding steroid dienone is 1. The Labute approximate surface area is 71.9 Å². The molecule has 1 aliphatic heterocycles. The van der Waals surface area contributed by atoms with Gasteiger partial charge in [0, 0.05) is 7.05 Å². The largest absolute Gasteiger partial charge is 0.412 e. The van der Waals surface area contributed by atoms with Crippen molar-refractivity contribution in [2.24, 2.45) is 0 Å². The highest BCUT2D eigenvalue weighted by Gasteiger charge is 2.36. The van der Waals surface area contributed by atoms with E-state index in [0.29, 0.717) is 11.3 Å². The third-order valence-electron chi connectivity index (χ3n) is 1.89. The molecular formula is C8H14N2O2. The molecule has 0 atom stereocenters. The van der Waals surface area contributed by atoms with Crippen LogP contribution >= 0.6 is 0 Å². The van der Waals surface area contributed by atoms with Crippen LogP contribution < -0.4 is 10.8 Å². The lowest BCUT2D eigenvalue weighted by atomic mass is 9.94. The smallest absolute Gasteiger partial charge is 0.252 e. The number of likely N-dealkylation sites (N-methyl/N-ethyl adjacent to an activating group) is 1. The number of hydrogen-bond acceptors (Lipinski definition) is 3. The van der Waals surface area contributed by atoms with Crippen LogP contribution in [0.3, 0.4) is 0 Å². The van der Waals surface area contributed by atoms with Crippen LogP contribution in [0.15, 0.2) is 11.3 Å². The van der Waals surface area contributed by atoms with E-state index in [2.05, 4.69) is 10.8 Å². The Morgan fingerprint density at radius 3 is 2.50 bits per heavy atom. The molecule has 1 amide bonds. The molecule has 4 nitrogen and oxygen atoms in total. The summed E-state index contributed by atoms with van der Waals surface area (Å²) in [6.07, 6.45) is 0. The maximum absolute atomic E-state index is 11.4. The first-order chi connectivity index (χ1) is 5.49. The van der Waals surface area contributed by atoms with E-state index in [4.69, 9.17) is 4.84 Å². The lowest BCUT2D eigenvalue weighted by Crippen LogP contribution is -2.40. The summed E-state index contributed by atoms with van der Waals surface area (Å²) >= 11 is 0.